The number of likely N-dealkylation sites (N-methyl/N-ethyl adjacent to an activating group) is 1. The molecule has 2 aromatic rings. The number of amides is 1. The maximum Gasteiger partial charge on any atom is 0.414 e. The fourth-order valence-electron chi connectivity index (χ4n) is 4.55. The first-order valence-electron chi connectivity index (χ1n) is 10.6. The highest BCUT2D eigenvalue weighted by atomic mass is 35.5. The Morgan fingerprint density at radius 1 is 1.00 bits per heavy atom. The normalized spacial score (nSPS) is 19.8. The third kappa shape index (κ3) is 3.68. The largest absolute Gasteiger partial charge is 0.490 e. The Bertz CT molecular complexity index is 1160. The van der Waals surface area contributed by atoms with Crippen LogP contribution in [0.5, 0.6) is 5.75 Å². The number of anilines is 2. The molecule has 2 aromatic carbocycles. The summed E-state index contributed by atoms with van der Waals surface area (Å²) in [5, 5.41) is 0.586. The number of hydrogen-bond donors (Lipinski definition) is 0. The van der Waals surface area contributed by atoms with Crippen LogP contribution in [0, 0.1) is 0 Å². The molecule has 8 nitrogen and oxygen atoms in total. The fourth-order valence-corrected chi connectivity index (χ4v) is 6.23. The monoisotopic (exact) mass is 477 g/mol. The average molecular weight is 478 g/mol. The van der Waals surface area contributed by atoms with Crippen molar-refractivity contribution in [3.05, 3.63) is 47.0 Å². The van der Waals surface area contributed by atoms with Crippen molar-refractivity contribution in [3.8, 4) is 5.75 Å². The van der Waals surface area contributed by atoms with Gasteiger partial charge in [-0.05, 0) is 43.2 Å². The molecule has 0 saturated carbocycles. The number of cyclic esters (lactones) is 1. The lowest BCUT2D eigenvalue weighted by Crippen LogP contribution is -2.50. The number of halogens is 1. The van der Waals surface area contributed by atoms with E-state index >= 15 is 0 Å². The quantitative estimate of drug-likeness (QED) is 0.673. The topological polar surface area (TPSA) is 79.4 Å². The Balaban J connectivity index is 1.33. The molecule has 0 bridgehead atoms. The van der Waals surface area contributed by atoms with Gasteiger partial charge < -0.3 is 14.4 Å². The van der Waals surface area contributed by atoms with Crippen LogP contribution >= 0.6 is 11.6 Å². The van der Waals surface area contributed by atoms with Gasteiger partial charge in [-0.25, -0.2) is 13.2 Å². The second-order valence-corrected chi connectivity index (χ2v) is 10.6. The zero-order chi connectivity index (χ0) is 22.5. The van der Waals surface area contributed by atoms with Crippen molar-refractivity contribution in [2.75, 3.05) is 43.1 Å². The van der Waals surface area contributed by atoms with Crippen LogP contribution in [0.25, 0.3) is 0 Å². The zero-order valence-electron chi connectivity index (χ0n) is 17.7. The number of sulfonamides is 1. The van der Waals surface area contributed by atoms with Gasteiger partial charge in [-0.3, -0.25) is 4.90 Å². The van der Waals surface area contributed by atoms with Crippen molar-refractivity contribution >= 4 is 39.1 Å². The van der Waals surface area contributed by atoms with E-state index < -0.39 is 16.1 Å². The molecule has 10 heteroatoms. The zero-order valence-corrected chi connectivity index (χ0v) is 19.2. The summed E-state index contributed by atoms with van der Waals surface area (Å²) in [4.78, 5) is 16.4. The van der Waals surface area contributed by atoms with Crippen molar-refractivity contribution in [2.24, 2.45) is 0 Å². The first-order valence-corrected chi connectivity index (χ1v) is 12.4. The highest BCUT2D eigenvalue weighted by Gasteiger charge is 2.37. The molecule has 32 heavy (non-hydrogen) atoms. The SMILES string of the molecule is CN1CCOc2cc(S(=O)(=O)N3CCC(N4C(=O)OCc5cc(Cl)ccc54)CC3)ccc21. The predicted molar refractivity (Wildman–Crippen MR) is 121 cm³/mol. The van der Waals surface area contributed by atoms with Gasteiger partial charge in [0.15, 0.2) is 0 Å². The van der Waals surface area contributed by atoms with Crippen molar-refractivity contribution in [1.29, 1.82) is 0 Å². The van der Waals surface area contributed by atoms with Gasteiger partial charge in [-0.1, -0.05) is 11.6 Å². The van der Waals surface area contributed by atoms with E-state index in [1.54, 1.807) is 35.2 Å². The van der Waals surface area contributed by atoms with Gasteiger partial charge >= 0.3 is 6.09 Å². The van der Waals surface area contributed by atoms with Crippen LogP contribution in [0.4, 0.5) is 16.2 Å². The standard InChI is InChI=1S/C22H24ClN3O5S/c1-24-10-11-30-21-13-18(3-5-20(21)24)32(28,29)25-8-6-17(7-9-25)26-19-4-2-16(23)12-15(19)14-31-22(26)27/h2-5,12-13,17H,6-11,14H2,1H3. The van der Waals surface area contributed by atoms with Crippen LogP contribution < -0.4 is 14.5 Å². The summed E-state index contributed by atoms with van der Waals surface area (Å²) in [6.45, 7) is 2.11. The van der Waals surface area contributed by atoms with Crippen LogP contribution in [-0.2, 0) is 21.4 Å². The molecular formula is C22H24ClN3O5S. The summed E-state index contributed by atoms with van der Waals surface area (Å²) in [6.07, 6.45) is 0.623. The highest BCUT2D eigenvalue weighted by Crippen LogP contribution is 2.36. The lowest BCUT2D eigenvalue weighted by Gasteiger charge is -2.39. The summed E-state index contributed by atoms with van der Waals surface area (Å²) >= 11 is 6.08. The summed E-state index contributed by atoms with van der Waals surface area (Å²) in [6, 6.07) is 10.3. The second kappa shape index (κ2) is 8.13. The molecular weight excluding hydrogens is 454 g/mol. The molecule has 3 heterocycles. The molecule has 0 aromatic heterocycles. The van der Waals surface area contributed by atoms with Gasteiger partial charge in [-0.15, -0.1) is 0 Å². The highest BCUT2D eigenvalue weighted by molar-refractivity contribution is 7.89. The number of carbonyl (C=O) groups excluding carboxylic acids is 1. The minimum absolute atomic E-state index is 0.144. The predicted octanol–water partition coefficient (Wildman–Crippen LogP) is 3.48. The summed E-state index contributed by atoms with van der Waals surface area (Å²) in [7, 11) is -1.71. The number of fused-ring (bicyclic) bond motifs is 2. The van der Waals surface area contributed by atoms with Crippen LogP contribution in [0.2, 0.25) is 5.02 Å². The number of piperidine rings is 1. The van der Waals surface area contributed by atoms with Crippen molar-refractivity contribution in [3.63, 3.8) is 0 Å². The minimum Gasteiger partial charge on any atom is -0.490 e. The van der Waals surface area contributed by atoms with E-state index in [2.05, 4.69) is 0 Å². The molecule has 5 rings (SSSR count). The molecule has 3 aliphatic heterocycles. The van der Waals surface area contributed by atoms with Crippen molar-refractivity contribution in [2.45, 2.75) is 30.4 Å². The van der Waals surface area contributed by atoms with E-state index in [4.69, 9.17) is 21.1 Å². The van der Waals surface area contributed by atoms with Gasteiger partial charge in [0.05, 0.1) is 22.8 Å². The number of ether oxygens (including phenoxy) is 2. The Hall–Kier alpha value is -2.49. The first kappa shape index (κ1) is 21.4. The number of carbonyl (C=O) groups is 1. The summed E-state index contributed by atoms with van der Waals surface area (Å²) < 4.78 is 39.0. The fraction of sp³-hybridized carbons (Fsp3) is 0.409. The van der Waals surface area contributed by atoms with Gasteiger partial charge in [0.25, 0.3) is 0 Å². The number of rotatable bonds is 3. The average Bonchev–Trinajstić information content (AvgIpc) is 2.79. The van der Waals surface area contributed by atoms with Crippen LogP contribution in [-0.4, -0.2) is 58.1 Å². The summed E-state index contributed by atoms with van der Waals surface area (Å²) in [5.41, 5.74) is 2.52. The lowest BCUT2D eigenvalue weighted by molar-refractivity contribution is 0.136. The van der Waals surface area contributed by atoms with Gasteiger partial charge in [-0.2, -0.15) is 4.31 Å². The Labute approximate surface area is 192 Å². The maximum atomic E-state index is 13.3. The molecule has 0 radical (unpaired) electrons. The molecule has 0 unspecified atom stereocenters. The van der Waals surface area contributed by atoms with Crippen LogP contribution in [0.15, 0.2) is 41.3 Å². The van der Waals surface area contributed by atoms with E-state index in [-0.39, 0.29) is 17.5 Å². The smallest absolute Gasteiger partial charge is 0.414 e. The van der Waals surface area contributed by atoms with Gasteiger partial charge in [0, 0.05) is 42.8 Å². The third-order valence-electron chi connectivity index (χ3n) is 6.30. The molecule has 1 saturated heterocycles. The number of nitrogens with zero attached hydrogens (tertiary/aromatic N) is 3. The Morgan fingerprint density at radius 3 is 2.53 bits per heavy atom. The molecule has 0 aliphatic carbocycles. The molecule has 1 fully saturated rings. The van der Waals surface area contributed by atoms with E-state index in [1.807, 2.05) is 18.0 Å². The van der Waals surface area contributed by atoms with Gasteiger partial charge in [0.1, 0.15) is 19.0 Å². The molecule has 3 aliphatic rings. The molecule has 1 amide bonds. The minimum atomic E-state index is -3.66. The Kier molecular flexibility index (Phi) is 5.43. The van der Waals surface area contributed by atoms with Gasteiger partial charge in [0.2, 0.25) is 10.0 Å². The van der Waals surface area contributed by atoms with E-state index in [0.717, 1.165) is 23.5 Å². The van der Waals surface area contributed by atoms with E-state index in [0.29, 0.717) is 43.3 Å². The molecule has 0 atom stereocenters. The molecule has 170 valence electrons. The number of hydrogen-bond acceptors (Lipinski definition) is 6. The van der Waals surface area contributed by atoms with Crippen molar-refractivity contribution < 1.29 is 22.7 Å². The summed E-state index contributed by atoms with van der Waals surface area (Å²) in [5.74, 6) is 0.584. The third-order valence-corrected chi connectivity index (χ3v) is 8.43. The maximum absolute atomic E-state index is 13.3. The lowest BCUT2D eigenvalue weighted by atomic mass is 10.0. The molecule has 0 N–H and O–H groups in total. The second-order valence-electron chi connectivity index (χ2n) is 8.23. The molecule has 0 spiro atoms. The van der Waals surface area contributed by atoms with E-state index in [1.165, 1.54) is 4.31 Å². The Morgan fingerprint density at radius 2 is 1.75 bits per heavy atom. The van der Waals surface area contributed by atoms with Crippen LogP contribution in [0.3, 0.4) is 0 Å². The van der Waals surface area contributed by atoms with Crippen molar-refractivity contribution in [1.82, 2.24) is 4.31 Å². The van der Waals surface area contributed by atoms with Crippen LogP contribution in [0.1, 0.15) is 18.4 Å². The van der Waals surface area contributed by atoms with E-state index in [9.17, 15) is 13.2 Å². The first-order chi connectivity index (χ1) is 15.3. The number of benzene rings is 2.